The van der Waals surface area contributed by atoms with Crippen LogP contribution >= 0.6 is 0 Å². The standard InChI is InChI=1S/C13H14N2O2/c1-2-3-4-5-11-8-10-6-7-14-9-12(10)15(11)13(16)17/h4-9H,2-3H2,1H3,(H,16,17)/b5-4+. The fourth-order valence-corrected chi connectivity index (χ4v) is 1.78. The van der Waals surface area contributed by atoms with Crippen LogP contribution in [0, 0.1) is 0 Å². The average Bonchev–Trinajstić information content (AvgIpc) is 2.67. The molecule has 0 saturated carbocycles. The zero-order chi connectivity index (χ0) is 12.3. The first kappa shape index (κ1) is 11.4. The number of carboxylic acid groups (broad SMARTS) is 1. The Balaban J connectivity index is 2.54. The normalized spacial score (nSPS) is 11.4. The minimum atomic E-state index is -0.982. The molecule has 2 heterocycles. The molecule has 0 saturated heterocycles. The van der Waals surface area contributed by atoms with Gasteiger partial charge in [0.25, 0.3) is 0 Å². The van der Waals surface area contributed by atoms with Gasteiger partial charge in [-0.2, -0.15) is 0 Å². The van der Waals surface area contributed by atoms with Crippen molar-refractivity contribution in [2.75, 3.05) is 0 Å². The van der Waals surface area contributed by atoms with E-state index in [4.69, 9.17) is 0 Å². The first-order valence-electron chi connectivity index (χ1n) is 5.59. The van der Waals surface area contributed by atoms with Crippen LogP contribution in [0.15, 0.2) is 30.6 Å². The molecule has 4 nitrogen and oxygen atoms in total. The minimum absolute atomic E-state index is 0.621. The highest BCUT2D eigenvalue weighted by Gasteiger charge is 2.11. The lowest BCUT2D eigenvalue weighted by atomic mass is 10.2. The fourth-order valence-electron chi connectivity index (χ4n) is 1.78. The molecule has 17 heavy (non-hydrogen) atoms. The van der Waals surface area contributed by atoms with E-state index in [2.05, 4.69) is 11.9 Å². The molecule has 1 N–H and O–H groups in total. The van der Waals surface area contributed by atoms with Crippen LogP contribution in [-0.2, 0) is 0 Å². The summed E-state index contributed by atoms with van der Waals surface area (Å²) in [6.45, 7) is 2.08. The Hall–Kier alpha value is -2.10. The van der Waals surface area contributed by atoms with Crippen LogP contribution in [0.1, 0.15) is 25.5 Å². The van der Waals surface area contributed by atoms with E-state index >= 15 is 0 Å². The number of allylic oxidation sites excluding steroid dienone is 1. The number of nitrogens with zero attached hydrogens (tertiary/aromatic N) is 2. The number of rotatable bonds is 3. The molecule has 2 aromatic rings. The van der Waals surface area contributed by atoms with Crippen molar-refractivity contribution < 1.29 is 9.90 Å². The van der Waals surface area contributed by atoms with Crippen molar-refractivity contribution >= 4 is 23.1 Å². The monoisotopic (exact) mass is 230 g/mol. The molecule has 0 aliphatic heterocycles. The van der Waals surface area contributed by atoms with Crippen molar-refractivity contribution in [1.82, 2.24) is 9.55 Å². The lowest BCUT2D eigenvalue weighted by molar-refractivity contribution is 0.197. The number of fused-ring (bicyclic) bond motifs is 1. The fraction of sp³-hybridized carbons (Fsp3) is 0.231. The van der Waals surface area contributed by atoms with Crippen LogP contribution in [0.2, 0.25) is 0 Å². The molecular formula is C13H14N2O2. The predicted molar refractivity (Wildman–Crippen MR) is 67.1 cm³/mol. The summed E-state index contributed by atoms with van der Waals surface area (Å²) in [6, 6.07) is 3.67. The Morgan fingerprint density at radius 2 is 2.41 bits per heavy atom. The van der Waals surface area contributed by atoms with Gasteiger partial charge in [0.1, 0.15) is 0 Å². The highest BCUT2D eigenvalue weighted by Crippen LogP contribution is 2.19. The van der Waals surface area contributed by atoms with Crippen LogP contribution in [0.5, 0.6) is 0 Å². The number of aromatic nitrogens is 2. The summed E-state index contributed by atoms with van der Waals surface area (Å²) in [6.07, 6.45) is 8.07. The molecule has 0 aromatic carbocycles. The van der Waals surface area contributed by atoms with Gasteiger partial charge in [0.2, 0.25) is 0 Å². The van der Waals surface area contributed by atoms with E-state index in [0.29, 0.717) is 11.2 Å². The van der Waals surface area contributed by atoms with E-state index in [0.717, 1.165) is 18.2 Å². The maximum absolute atomic E-state index is 11.2. The van der Waals surface area contributed by atoms with E-state index in [1.54, 1.807) is 12.4 Å². The Morgan fingerprint density at radius 3 is 3.12 bits per heavy atom. The van der Waals surface area contributed by atoms with Gasteiger partial charge in [0.05, 0.1) is 17.4 Å². The summed E-state index contributed by atoms with van der Waals surface area (Å²) in [5.41, 5.74) is 1.30. The van der Waals surface area contributed by atoms with E-state index in [1.165, 1.54) is 4.57 Å². The van der Waals surface area contributed by atoms with E-state index < -0.39 is 6.09 Å². The van der Waals surface area contributed by atoms with Gasteiger partial charge < -0.3 is 5.11 Å². The average molecular weight is 230 g/mol. The molecule has 0 aliphatic rings. The zero-order valence-electron chi connectivity index (χ0n) is 9.63. The van der Waals surface area contributed by atoms with E-state index in [1.807, 2.05) is 24.3 Å². The van der Waals surface area contributed by atoms with Gasteiger partial charge in [-0.05, 0) is 24.6 Å². The molecule has 0 unspecified atom stereocenters. The van der Waals surface area contributed by atoms with Crippen LogP contribution in [0.25, 0.3) is 17.0 Å². The maximum Gasteiger partial charge on any atom is 0.416 e. The second kappa shape index (κ2) is 4.82. The molecule has 0 bridgehead atoms. The summed E-state index contributed by atoms with van der Waals surface area (Å²) in [4.78, 5) is 15.2. The summed E-state index contributed by atoms with van der Waals surface area (Å²) in [5.74, 6) is 0. The second-order valence-electron chi connectivity index (χ2n) is 3.81. The SMILES string of the molecule is CCC/C=C/c1cc2ccncc2n1C(=O)O. The Morgan fingerprint density at radius 1 is 1.59 bits per heavy atom. The third-order valence-corrected chi connectivity index (χ3v) is 2.57. The number of carbonyl (C=O) groups is 1. The highest BCUT2D eigenvalue weighted by molar-refractivity contribution is 5.91. The van der Waals surface area contributed by atoms with E-state index in [-0.39, 0.29) is 0 Å². The number of hydrogen-bond acceptors (Lipinski definition) is 2. The van der Waals surface area contributed by atoms with Gasteiger partial charge in [-0.15, -0.1) is 0 Å². The van der Waals surface area contributed by atoms with Gasteiger partial charge in [-0.3, -0.25) is 4.98 Å². The molecule has 0 spiro atoms. The molecule has 0 aliphatic carbocycles. The van der Waals surface area contributed by atoms with Crippen molar-refractivity contribution in [1.29, 1.82) is 0 Å². The molecule has 2 aromatic heterocycles. The van der Waals surface area contributed by atoms with Crippen molar-refractivity contribution in [3.05, 3.63) is 36.3 Å². The van der Waals surface area contributed by atoms with Gasteiger partial charge in [-0.1, -0.05) is 19.4 Å². The third kappa shape index (κ3) is 2.20. The molecule has 2 rings (SSSR count). The largest absolute Gasteiger partial charge is 0.464 e. The first-order valence-corrected chi connectivity index (χ1v) is 5.59. The maximum atomic E-state index is 11.2. The Labute approximate surface area is 99.2 Å². The van der Waals surface area contributed by atoms with Crippen molar-refractivity contribution in [3.63, 3.8) is 0 Å². The molecule has 0 radical (unpaired) electrons. The van der Waals surface area contributed by atoms with Crippen molar-refractivity contribution in [2.45, 2.75) is 19.8 Å². The Kier molecular flexibility index (Phi) is 3.23. The lowest BCUT2D eigenvalue weighted by Gasteiger charge is -2.00. The highest BCUT2D eigenvalue weighted by atomic mass is 16.4. The quantitative estimate of drug-likeness (QED) is 0.879. The molecule has 88 valence electrons. The van der Waals surface area contributed by atoms with Crippen LogP contribution in [0.4, 0.5) is 4.79 Å². The summed E-state index contributed by atoms with van der Waals surface area (Å²) in [7, 11) is 0. The molecule has 0 fully saturated rings. The molecule has 0 atom stereocenters. The summed E-state index contributed by atoms with van der Waals surface area (Å²) in [5, 5.41) is 10.1. The molecule has 0 amide bonds. The van der Waals surface area contributed by atoms with Gasteiger partial charge in [-0.25, -0.2) is 9.36 Å². The second-order valence-corrected chi connectivity index (χ2v) is 3.81. The van der Waals surface area contributed by atoms with Gasteiger partial charge in [0, 0.05) is 11.6 Å². The summed E-state index contributed by atoms with van der Waals surface area (Å²) >= 11 is 0. The minimum Gasteiger partial charge on any atom is -0.464 e. The van der Waals surface area contributed by atoms with Crippen molar-refractivity contribution in [2.24, 2.45) is 0 Å². The smallest absolute Gasteiger partial charge is 0.416 e. The van der Waals surface area contributed by atoms with Gasteiger partial charge >= 0.3 is 6.09 Å². The molecule has 4 heteroatoms. The summed E-state index contributed by atoms with van der Waals surface area (Å²) < 4.78 is 1.26. The van der Waals surface area contributed by atoms with E-state index in [9.17, 15) is 9.90 Å². The number of pyridine rings is 1. The topological polar surface area (TPSA) is 55.1 Å². The predicted octanol–water partition coefficient (Wildman–Crippen LogP) is 3.38. The first-order chi connectivity index (χ1) is 8.24. The lowest BCUT2D eigenvalue weighted by Crippen LogP contribution is -2.09. The number of hydrogen-bond donors (Lipinski definition) is 1. The Bertz CT molecular complexity index is 570. The molecular weight excluding hydrogens is 216 g/mol. The third-order valence-electron chi connectivity index (χ3n) is 2.57. The van der Waals surface area contributed by atoms with Crippen molar-refractivity contribution in [3.8, 4) is 0 Å². The van der Waals surface area contributed by atoms with Gasteiger partial charge in [0.15, 0.2) is 0 Å². The van der Waals surface area contributed by atoms with Crippen LogP contribution < -0.4 is 0 Å². The van der Waals surface area contributed by atoms with Crippen LogP contribution in [-0.4, -0.2) is 20.8 Å². The zero-order valence-corrected chi connectivity index (χ0v) is 9.63. The van der Waals surface area contributed by atoms with Crippen LogP contribution in [0.3, 0.4) is 0 Å². The number of unbranched alkanes of at least 4 members (excludes halogenated alkanes) is 1.